The Morgan fingerprint density at radius 2 is 1.68 bits per heavy atom. The zero-order chi connectivity index (χ0) is 30.3. The zero-order valence-corrected chi connectivity index (χ0v) is 26.4. The fraction of sp³-hybridized carbons (Fsp3) is 0.583. The summed E-state index contributed by atoms with van der Waals surface area (Å²) >= 11 is 0. The molecule has 2 aliphatic heterocycles. The molecule has 1 aliphatic carbocycles. The highest BCUT2D eigenvalue weighted by Crippen LogP contribution is 2.38. The first-order valence-corrected chi connectivity index (χ1v) is 17.0. The number of benzene rings is 2. The fourth-order valence-electron chi connectivity index (χ4n) is 8.21. The Labute approximate surface area is 262 Å². The third-order valence-electron chi connectivity index (χ3n) is 10.4. The minimum absolute atomic E-state index is 0.278. The maximum Gasteiger partial charge on any atom is 0.321 e. The van der Waals surface area contributed by atoms with Gasteiger partial charge in [-0.25, -0.2) is 0 Å². The molecule has 2 aromatic carbocycles. The Morgan fingerprint density at radius 3 is 2.36 bits per heavy atom. The lowest BCUT2D eigenvalue weighted by Gasteiger charge is -2.39. The van der Waals surface area contributed by atoms with Crippen molar-refractivity contribution in [3.8, 4) is 0 Å². The van der Waals surface area contributed by atoms with E-state index in [1.165, 1.54) is 30.4 Å². The first kappa shape index (κ1) is 30.8. The van der Waals surface area contributed by atoms with Crippen LogP contribution in [0.3, 0.4) is 0 Å². The van der Waals surface area contributed by atoms with Gasteiger partial charge in [0.15, 0.2) is 0 Å². The molecule has 0 amide bonds. The van der Waals surface area contributed by atoms with Crippen molar-refractivity contribution in [3.05, 3.63) is 77.6 Å². The van der Waals surface area contributed by atoms with Crippen LogP contribution in [0, 0.1) is 11.8 Å². The maximum absolute atomic E-state index is 12.6. The summed E-state index contributed by atoms with van der Waals surface area (Å²) in [5, 5.41) is 18.2. The van der Waals surface area contributed by atoms with E-state index >= 15 is 0 Å². The number of hydrogen-bond donors (Lipinski definition) is 2. The Morgan fingerprint density at radius 1 is 0.977 bits per heavy atom. The number of hydrogen-bond acceptors (Lipinski definition) is 6. The van der Waals surface area contributed by atoms with E-state index in [0.717, 1.165) is 89.6 Å². The van der Waals surface area contributed by atoms with E-state index < -0.39 is 5.97 Å². The third kappa shape index (κ3) is 7.35. The molecule has 1 aromatic heterocycles. The molecule has 1 saturated carbocycles. The van der Waals surface area contributed by atoms with Crippen LogP contribution in [0.15, 0.2) is 60.7 Å². The second-order valence-electron chi connectivity index (χ2n) is 13.4. The zero-order valence-electron chi connectivity index (χ0n) is 26.4. The highest BCUT2D eigenvalue weighted by molar-refractivity contribution is 5.74. The summed E-state index contributed by atoms with van der Waals surface area (Å²) in [5.41, 5.74) is 2.59. The summed E-state index contributed by atoms with van der Waals surface area (Å²) < 4.78 is 0. The van der Waals surface area contributed by atoms with Crippen LogP contribution in [0.2, 0.25) is 0 Å². The third-order valence-corrected chi connectivity index (χ3v) is 10.4. The number of aromatic nitrogens is 3. The number of likely N-dealkylation sites (tertiary alicyclic amines) is 2. The minimum Gasteiger partial charge on any atom is -0.480 e. The van der Waals surface area contributed by atoms with E-state index in [1.54, 1.807) is 0 Å². The number of H-pyrrole nitrogens is 1. The van der Waals surface area contributed by atoms with Gasteiger partial charge in [-0.3, -0.25) is 14.8 Å². The van der Waals surface area contributed by atoms with Gasteiger partial charge in [0.05, 0.1) is 0 Å². The molecule has 0 spiro atoms. The number of rotatable bonds is 12. The number of nitrogens with one attached hydrogen (secondary N) is 1. The molecule has 0 radical (unpaired) electrons. The molecule has 3 atom stereocenters. The molecule has 0 unspecified atom stereocenters. The van der Waals surface area contributed by atoms with Crippen molar-refractivity contribution in [3.63, 3.8) is 0 Å². The number of carboxylic acid groups (broad SMARTS) is 1. The van der Waals surface area contributed by atoms with Crippen LogP contribution in [0.1, 0.15) is 81.2 Å². The van der Waals surface area contributed by atoms with Crippen molar-refractivity contribution in [2.45, 2.75) is 82.7 Å². The Balaban J connectivity index is 1.10. The van der Waals surface area contributed by atoms with E-state index in [0.29, 0.717) is 17.9 Å². The van der Waals surface area contributed by atoms with Crippen LogP contribution in [-0.2, 0) is 11.2 Å². The van der Waals surface area contributed by atoms with Gasteiger partial charge in [0.2, 0.25) is 5.95 Å². The van der Waals surface area contributed by atoms with Gasteiger partial charge in [-0.05, 0) is 55.1 Å². The van der Waals surface area contributed by atoms with Gasteiger partial charge < -0.3 is 14.9 Å². The average molecular weight is 599 g/mol. The van der Waals surface area contributed by atoms with Crippen molar-refractivity contribution in [2.75, 3.05) is 44.2 Å². The molecule has 236 valence electrons. The average Bonchev–Trinajstić information content (AvgIpc) is 3.69. The molecule has 2 N–H and O–H groups in total. The molecule has 8 nitrogen and oxygen atoms in total. The van der Waals surface area contributed by atoms with Gasteiger partial charge in [-0.1, -0.05) is 86.8 Å². The van der Waals surface area contributed by atoms with E-state index in [4.69, 9.17) is 4.98 Å². The summed E-state index contributed by atoms with van der Waals surface area (Å²) in [5.74, 6) is 2.19. The molecule has 3 aliphatic rings. The lowest BCUT2D eigenvalue weighted by atomic mass is 9.83. The molecule has 8 heteroatoms. The summed E-state index contributed by atoms with van der Waals surface area (Å²) in [6.45, 7) is 8.03. The number of carboxylic acids is 1. The highest BCUT2D eigenvalue weighted by Gasteiger charge is 2.43. The quantitative estimate of drug-likeness (QED) is 0.271. The SMILES string of the molecule is CCCN(c1n[nH]c(Cc2ccccc2)n1)C1CCN(C[C@H]2CN([C@@H](C(=O)O)C3CCCCC3)C[C@@H]2c2ccccc2)CC1. The second kappa shape index (κ2) is 14.7. The maximum atomic E-state index is 12.6. The summed E-state index contributed by atoms with van der Waals surface area (Å²) in [6.07, 6.45) is 9.68. The number of carbonyl (C=O) groups is 1. The van der Waals surface area contributed by atoms with Crippen LogP contribution >= 0.6 is 0 Å². The second-order valence-corrected chi connectivity index (χ2v) is 13.4. The molecular weight excluding hydrogens is 548 g/mol. The van der Waals surface area contributed by atoms with Gasteiger partial charge in [-0.15, -0.1) is 5.10 Å². The number of anilines is 1. The number of aromatic amines is 1. The summed E-state index contributed by atoms with van der Waals surface area (Å²) in [7, 11) is 0. The van der Waals surface area contributed by atoms with Gasteiger partial charge in [-0.2, -0.15) is 4.98 Å². The van der Waals surface area contributed by atoms with Gasteiger partial charge in [0.1, 0.15) is 11.9 Å². The summed E-state index contributed by atoms with van der Waals surface area (Å²) in [4.78, 5) is 24.9. The van der Waals surface area contributed by atoms with Gasteiger partial charge in [0.25, 0.3) is 0 Å². The first-order chi connectivity index (χ1) is 21.6. The number of aliphatic carboxylic acids is 1. The molecule has 2 saturated heterocycles. The lowest BCUT2D eigenvalue weighted by molar-refractivity contribution is -0.145. The van der Waals surface area contributed by atoms with E-state index in [9.17, 15) is 9.90 Å². The summed E-state index contributed by atoms with van der Waals surface area (Å²) in [6, 6.07) is 21.3. The molecule has 3 aromatic rings. The van der Waals surface area contributed by atoms with E-state index in [2.05, 4.69) is 86.4 Å². The molecule has 44 heavy (non-hydrogen) atoms. The number of nitrogens with zero attached hydrogens (tertiary/aromatic N) is 5. The van der Waals surface area contributed by atoms with Gasteiger partial charge in [0, 0.05) is 57.6 Å². The lowest BCUT2D eigenvalue weighted by Crippen LogP contribution is -2.48. The van der Waals surface area contributed by atoms with Crippen LogP contribution in [0.4, 0.5) is 5.95 Å². The van der Waals surface area contributed by atoms with E-state index in [1.807, 2.05) is 6.07 Å². The van der Waals surface area contributed by atoms with E-state index in [-0.39, 0.29) is 12.0 Å². The molecule has 3 fully saturated rings. The fourth-order valence-corrected chi connectivity index (χ4v) is 8.21. The Hall–Kier alpha value is -3.23. The molecular formula is C36H50N6O2. The molecule has 0 bridgehead atoms. The van der Waals surface area contributed by atoms with Crippen LogP contribution in [0.25, 0.3) is 0 Å². The van der Waals surface area contributed by atoms with Crippen LogP contribution < -0.4 is 4.90 Å². The minimum atomic E-state index is -0.625. The van der Waals surface area contributed by atoms with Crippen molar-refractivity contribution >= 4 is 11.9 Å². The van der Waals surface area contributed by atoms with Crippen molar-refractivity contribution < 1.29 is 9.90 Å². The molecule has 3 heterocycles. The Bertz CT molecular complexity index is 1300. The monoisotopic (exact) mass is 598 g/mol. The van der Waals surface area contributed by atoms with Crippen LogP contribution in [-0.4, -0.2) is 87.4 Å². The highest BCUT2D eigenvalue weighted by atomic mass is 16.4. The predicted molar refractivity (Wildman–Crippen MR) is 175 cm³/mol. The Kier molecular flexibility index (Phi) is 10.3. The first-order valence-electron chi connectivity index (χ1n) is 17.0. The normalized spacial score (nSPS) is 23.1. The largest absolute Gasteiger partial charge is 0.480 e. The van der Waals surface area contributed by atoms with Gasteiger partial charge >= 0.3 is 5.97 Å². The number of piperidine rings is 1. The van der Waals surface area contributed by atoms with Crippen molar-refractivity contribution in [1.29, 1.82) is 0 Å². The predicted octanol–water partition coefficient (Wildman–Crippen LogP) is 5.83. The molecule has 6 rings (SSSR count). The standard InChI is InChI=1S/C36H50N6O2/c1-2-20-42(36-37-33(38-39-36)23-27-12-6-3-7-13-27)31-18-21-40(22-19-31)24-30-25-41(26-32(30)28-14-8-4-9-15-28)34(35(43)44)29-16-10-5-11-17-29/h3-4,6-9,12-15,29-32,34H,2,5,10-11,16-26H2,1H3,(H,43,44)(H,37,38,39)/t30-,32+,34+/m0/s1. The van der Waals surface area contributed by atoms with Crippen molar-refractivity contribution in [2.24, 2.45) is 11.8 Å². The smallest absolute Gasteiger partial charge is 0.321 e. The van der Waals surface area contributed by atoms with Crippen molar-refractivity contribution in [1.82, 2.24) is 25.0 Å². The topological polar surface area (TPSA) is 88.6 Å². The van der Waals surface area contributed by atoms with Crippen LogP contribution in [0.5, 0.6) is 0 Å².